The van der Waals surface area contributed by atoms with Gasteiger partial charge in [0.25, 0.3) is 5.91 Å². The maximum Gasteiger partial charge on any atom is 0.328 e. The molecule has 0 saturated heterocycles. The molecule has 0 bridgehead atoms. The summed E-state index contributed by atoms with van der Waals surface area (Å²) >= 11 is 0. The van der Waals surface area contributed by atoms with Gasteiger partial charge < -0.3 is 36.6 Å². The molecule has 0 spiro atoms. The van der Waals surface area contributed by atoms with E-state index >= 15 is 0 Å². The van der Waals surface area contributed by atoms with Crippen LogP contribution in [0.2, 0.25) is 0 Å². The Kier molecular flexibility index (Phi) is 10.8. The fourth-order valence-electron chi connectivity index (χ4n) is 4.15. The van der Waals surface area contributed by atoms with Crippen LogP contribution in [0, 0.1) is 0 Å². The minimum atomic E-state index is -0.878. The van der Waals surface area contributed by atoms with E-state index in [4.69, 9.17) is 20.9 Å². The van der Waals surface area contributed by atoms with Crippen LogP contribution in [0.15, 0.2) is 30.5 Å². The number of anilines is 2. The van der Waals surface area contributed by atoms with Gasteiger partial charge in [-0.25, -0.2) is 4.79 Å². The third kappa shape index (κ3) is 8.41. The first-order chi connectivity index (χ1) is 19.2. The monoisotopic (exact) mass is 553 g/mol. The molecule has 3 aromatic rings. The number of aromatic nitrogens is 3. The number of nitrogens with one attached hydrogen (secondary N) is 3. The number of nitrogens with two attached hydrogens (primary N) is 2. The highest BCUT2D eigenvalue weighted by molar-refractivity contribution is 5.96. The molecule has 0 radical (unpaired) electrons. The lowest BCUT2D eigenvalue weighted by Crippen LogP contribution is -2.42. The number of nitrogen functional groups attached to an aromatic ring is 2. The molecule has 0 aliphatic carbocycles. The number of methoxy groups -OCH3 is 1. The lowest BCUT2D eigenvalue weighted by Gasteiger charge is -2.17. The van der Waals surface area contributed by atoms with Gasteiger partial charge in [-0.2, -0.15) is 9.97 Å². The van der Waals surface area contributed by atoms with Crippen LogP contribution in [-0.4, -0.2) is 65.0 Å². The predicted molar refractivity (Wildman–Crippen MR) is 148 cm³/mol. The number of carbonyl (C=O) groups excluding carboxylic acids is 4. The Morgan fingerprint density at radius 3 is 2.50 bits per heavy atom. The largest absolute Gasteiger partial charge is 0.467 e. The molecule has 1 atom stereocenters. The van der Waals surface area contributed by atoms with Crippen LogP contribution in [0.3, 0.4) is 0 Å². The first kappa shape index (κ1) is 29.9. The average molecular weight is 554 g/mol. The average Bonchev–Trinajstić information content (AvgIpc) is 3.35. The van der Waals surface area contributed by atoms with Gasteiger partial charge in [-0.3, -0.25) is 14.4 Å². The smallest absolute Gasteiger partial charge is 0.328 e. The Bertz CT molecular complexity index is 1340. The number of nitrogens with zero attached hydrogens (tertiary/aromatic N) is 2. The topological polar surface area (TPSA) is 204 Å². The van der Waals surface area contributed by atoms with Crippen LogP contribution in [0.25, 0.3) is 11.0 Å². The molecule has 0 aliphatic rings. The van der Waals surface area contributed by atoms with E-state index in [0.717, 1.165) is 16.5 Å². The van der Waals surface area contributed by atoms with E-state index in [9.17, 15) is 19.2 Å². The summed E-state index contributed by atoms with van der Waals surface area (Å²) in [7, 11) is 1.25. The normalized spacial score (nSPS) is 11.6. The van der Waals surface area contributed by atoms with Crippen molar-refractivity contribution >= 4 is 46.6 Å². The Morgan fingerprint density at radius 2 is 1.80 bits per heavy atom. The second-order valence-electron chi connectivity index (χ2n) is 9.05. The van der Waals surface area contributed by atoms with E-state index in [0.29, 0.717) is 36.3 Å². The number of esters is 2. The predicted octanol–water partition coefficient (Wildman–Crippen LogP) is 1.42. The van der Waals surface area contributed by atoms with Crippen LogP contribution in [0.5, 0.6) is 0 Å². The van der Waals surface area contributed by atoms with Gasteiger partial charge in [0, 0.05) is 24.7 Å². The molecule has 7 N–H and O–H groups in total. The molecule has 2 aromatic heterocycles. The van der Waals surface area contributed by atoms with Crippen molar-refractivity contribution in [2.24, 2.45) is 0 Å². The molecule has 40 heavy (non-hydrogen) atoms. The molecule has 0 saturated carbocycles. The zero-order chi connectivity index (χ0) is 29.1. The quantitative estimate of drug-likeness (QED) is 0.143. The fraction of sp³-hybridized carbons (Fsp3) is 0.407. The number of carbonyl (C=O) groups is 4. The fourth-order valence-corrected chi connectivity index (χ4v) is 4.15. The lowest BCUT2D eigenvalue weighted by atomic mass is 10.0. The number of hydrogen-bond acceptors (Lipinski definition) is 10. The second-order valence-corrected chi connectivity index (χ2v) is 9.05. The molecule has 0 aliphatic heterocycles. The number of amides is 2. The molecule has 1 aromatic carbocycles. The van der Waals surface area contributed by atoms with Gasteiger partial charge in [-0.1, -0.05) is 12.1 Å². The van der Waals surface area contributed by atoms with E-state index < -0.39 is 23.9 Å². The van der Waals surface area contributed by atoms with Crippen molar-refractivity contribution in [3.63, 3.8) is 0 Å². The highest BCUT2D eigenvalue weighted by Gasteiger charge is 2.22. The summed E-state index contributed by atoms with van der Waals surface area (Å²) in [6.45, 7) is 2.24. The molecule has 13 heteroatoms. The van der Waals surface area contributed by atoms with E-state index in [2.05, 4.69) is 25.6 Å². The number of benzene rings is 1. The van der Waals surface area contributed by atoms with Crippen molar-refractivity contribution in [3.8, 4) is 0 Å². The van der Waals surface area contributed by atoms with Gasteiger partial charge in [0.15, 0.2) is 0 Å². The van der Waals surface area contributed by atoms with Crippen molar-refractivity contribution in [1.29, 1.82) is 0 Å². The van der Waals surface area contributed by atoms with Crippen molar-refractivity contribution in [1.82, 2.24) is 25.6 Å². The standard InChI is InChI=1S/C27H35N7O6/c1-3-40-21(36)13-12-20(35)30-14-4-5-19(26(38)39-2)32-25(37)17-9-6-16(7-10-17)8-11-18-15-31-24-22(18)23(28)33-27(29)34-24/h6-7,9-10,15,19H,3-5,8,11-14H2,1-2H3,(H,30,35)(H,32,37)(H5,28,29,31,33,34)/t19-/m0/s1. The summed E-state index contributed by atoms with van der Waals surface area (Å²) in [5.74, 6) is -1.29. The van der Waals surface area contributed by atoms with E-state index in [1.165, 1.54) is 7.11 Å². The number of fused-ring (bicyclic) bond motifs is 1. The SMILES string of the molecule is CCOC(=O)CCC(=O)NCCC[C@H](NC(=O)c1ccc(CCc2c[nH]c3nc(N)nc(N)c23)cc1)C(=O)OC. The second kappa shape index (κ2) is 14.5. The Balaban J connectivity index is 1.48. The van der Waals surface area contributed by atoms with Crippen LogP contribution >= 0.6 is 0 Å². The first-order valence-electron chi connectivity index (χ1n) is 13.0. The highest BCUT2D eigenvalue weighted by atomic mass is 16.5. The van der Waals surface area contributed by atoms with Gasteiger partial charge in [0.2, 0.25) is 11.9 Å². The molecule has 13 nitrogen and oxygen atoms in total. The van der Waals surface area contributed by atoms with Crippen LogP contribution in [0.1, 0.15) is 54.1 Å². The Labute approximate surface area is 231 Å². The molecule has 2 heterocycles. The third-order valence-corrected chi connectivity index (χ3v) is 6.20. The summed E-state index contributed by atoms with van der Waals surface area (Å²) in [4.78, 5) is 59.5. The minimum absolute atomic E-state index is 0.00147. The Morgan fingerprint density at radius 1 is 1.05 bits per heavy atom. The number of rotatable bonds is 14. The van der Waals surface area contributed by atoms with Gasteiger partial charge in [0.1, 0.15) is 17.5 Å². The minimum Gasteiger partial charge on any atom is -0.467 e. The van der Waals surface area contributed by atoms with Crippen molar-refractivity contribution < 1.29 is 28.7 Å². The number of aromatic amines is 1. The molecule has 214 valence electrons. The van der Waals surface area contributed by atoms with Gasteiger partial charge in [-0.05, 0) is 55.9 Å². The molecule has 0 fully saturated rings. The number of ether oxygens (including phenoxy) is 2. The maximum absolute atomic E-state index is 12.8. The van der Waals surface area contributed by atoms with Crippen molar-refractivity contribution in [2.75, 3.05) is 31.7 Å². The van der Waals surface area contributed by atoms with Crippen molar-refractivity contribution in [3.05, 3.63) is 47.2 Å². The molecule has 0 unspecified atom stereocenters. The van der Waals surface area contributed by atoms with Gasteiger partial charge >= 0.3 is 11.9 Å². The molecular weight excluding hydrogens is 518 g/mol. The molecule has 3 rings (SSSR count). The summed E-state index contributed by atoms with van der Waals surface area (Å²) < 4.78 is 9.62. The number of hydrogen-bond donors (Lipinski definition) is 5. The number of H-pyrrole nitrogens is 1. The Hall–Kier alpha value is -4.68. The third-order valence-electron chi connectivity index (χ3n) is 6.20. The van der Waals surface area contributed by atoms with Gasteiger partial charge in [0.05, 0.1) is 25.5 Å². The summed E-state index contributed by atoms with van der Waals surface area (Å²) in [5.41, 5.74) is 14.6. The van der Waals surface area contributed by atoms with E-state index in [1.807, 2.05) is 18.3 Å². The zero-order valence-corrected chi connectivity index (χ0v) is 22.6. The first-order valence-corrected chi connectivity index (χ1v) is 13.0. The zero-order valence-electron chi connectivity index (χ0n) is 22.6. The van der Waals surface area contributed by atoms with Gasteiger partial charge in [-0.15, -0.1) is 0 Å². The number of aryl methyl sites for hydroxylation is 2. The highest BCUT2D eigenvalue weighted by Crippen LogP contribution is 2.24. The van der Waals surface area contributed by atoms with E-state index in [1.54, 1.807) is 19.1 Å². The summed E-state index contributed by atoms with van der Waals surface area (Å²) in [6, 6.07) is 6.20. The maximum atomic E-state index is 12.8. The molecule has 2 amide bonds. The summed E-state index contributed by atoms with van der Waals surface area (Å²) in [5, 5.41) is 6.14. The van der Waals surface area contributed by atoms with Crippen molar-refractivity contribution in [2.45, 2.75) is 51.5 Å². The lowest BCUT2D eigenvalue weighted by molar-refractivity contribution is -0.144. The molecular formula is C27H35N7O6. The van der Waals surface area contributed by atoms with Crippen LogP contribution < -0.4 is 22.1 Å². The van der Waals surface area contributed by atoms with E-state index in [-0.39, 0.29) is 44.3 Å². The summed E-state index contributed by atoms with van der Waals surface area (Å²) in [6.07, 6.45) is 3.89. The van der Waals surface area contributed by atoms with Crippen LogP contribution in [0.4, 0.5) is 11.8 Å². The van der Waals surface area contributed by atoms with Crippen LogP contribution in [-0.2, 0) is 36.7 Å².